The Morgan fingerprint density at radius 1 is 0.864 bits per heavy atom. The molecule has 4 rings (SSSR count). The van der Waals surface area contributed by atoms with Gasteiger partial charge in [-0.2, -0.15) is 0 Å². The van der Waals surface area contributed by atoms with E-state index < -0.39 is 0 Å². The molecule has 2 aromatic heterocycles. The first-order valence-corrected chi connectivity index (χ1v) is 7.58. The highest BCUT2D eigenvalue weighted by Crippen LogP contribution is 2.37. The Hall–Kier alpha value is -2.68. The van der Waals surface area contributed by atoms with E-state index in [1.54, 1.807) is 12.4 Å². The van der Waals surface area contributed by atoms with Crippen LogP contribution in [0.3, 0.4) is 0 Å². The summed E-state index contributed by atoms with van der Waals surface area (Å²) >= 11 is 0. The SMILES string of the molecule is O=C1CCCc2c(-c3ccncc3)[nH]c(-c3ccccc3)c21. The van der Waals surface area contributed by atoms with Crippen LogP contribution < -0.4 is 0 Å². The molecular formula is C19H16N2O. The number of pyridine rings is 1. The van der Waals surface area contributed by atoms with Crippen LogP contribution >= 0.6 is 0 Å². The van der Waals surface area contributed by atoms with E-state index in [1.807, 2.05) is 42.5 Å². The number of aromatic nitrogens is 2. The van der Waals surface area contributed by atoms with Gasteiger partial charge in [0.1, 0.15) is 0 Å². The number of aromatic amines is 1. The summed E-state index contributed by atoms with van der Waals surface area (Å²) in [7, 11) is 0. The van der Waals surface area contributed by atoms with Crippen LogP contribution in [0.4, 0.5) is 0 Å². The minimum atomic E-state index is 0.247. The van der Waals surface area contributed by atoms with E-state index in [1.165, 1.54) is 0 Å². The number of fused-ring (bicyclic) bond motifs is 1. The first-order chi connectivity index (χ1) is 10.8. The number of nitrogens with one attached hydrogen (secondary N) is 1. The van der Waals surface area contributed by atoms with Gasteiger partial charge < -0.3 is 4.98 Å². The lowest BCUT2D eigenvalue weighted by Gasteiger charge is -2.13. The van der Waals surface area contributed by atoms with Crippen LogP contribution in [-0.4, -0.2) is 15.8 Å². The predicted octanol–water partition coefficient (Wildman–Crippen LogP) is 4.26. The van der Waals surface area contributed by atoms with Crippen molar-refractivity contribution in [3.63, 3.8) is 0 Å². The highest BCUT2D eigenvalue weighted by Gasteiger charge is 2.27. The third-order valence-electron chi connectivity index (χ3n) is 4.24. The summed E-state index contributed by atoms with van der Waals surface area (Å²) in [6.45, 7) is 0. The molecule has 3 nitrogen and oxygen atoms in total. The smallest absolute Gasteiger partial charge is 0.165 e. The normalized spacial score (nSPS) is 13.9. The summed E-state index contributed by atoms with van der Waals surface area (Å²) < 4.78 is 0. The van der Waals surface area contributed by atoms with E-state index in [2.05, 4.69) is 9.97 Å². The molecule has 22 heavy (non-hydrogen) atoms. The van der Waals surface area contributed by atoms with Crippen molar-refractivity contribution in [3.05, 3.63) is 66.0 Å². The molecule has 0 amide bonds. The summed E-state index contributed by atoms with van der Waals surface area (Å²) in [6.07, 6.45) is 6.09. The zero-order valence-electron chi connectivity index (χ0n) is 12.2. The van der Waals surface area contributed by atoms with Crippen molar-refractivity contribution >= 4 is 5.78 Å². The van der Waals surface area contributed by atoms with Crippen molar-refractivity contribution in [1.29, 1.82) is 0 Å². The fourth-order valence-electron chi connectivity index (χ4n) is 3.23. The van der Waals surface area contributed by atoms with Crippen molar-refractivity contribution in [1.82, 2.24) is 9.97 Å². The average molecular weight is 288 g/mol. The molecule has 3 heteroatoms. The van der Waals surface area contributed by atoms with Gasteiger partial charge in [0.2, 0.25) is 0 Å². The Kier molecular flexibility index (Phi) is 3.11. The fraction of sp³-hybridized carbons (Fsp3) is 0.158. The Morgan fingerprint density at radius 3 is 2.36 bits per heavy atom. The first-order valence-electron chi connectivity index (χ1n) is 7.58. The average Bonchev–Trinajstić information content (AvgIpc) is 2.98. The quantitative estimate of drug-likeness (QED) is 0.765. The van der Waals surface area contributed by atoms with Crippen LogP contribution in [0.5, 0.6) is 0 Å². The molecule has 0 spiro atoms. The minimum absolute atomic E-state index is 0.247. The predicted molar refractivity (Wildman–Crippen MR) is 86.7 cm³/mol. The summed E-state index contributed by atoms with van der Waals surface area (Å²) in [6, 6.07) is 14.1. The minimum Gasteiger partial charge on any atom is -0.354 e. The molecule has 0 saturated heterocycles. The van der Waals surface area contributed by atoms with Crippen LogP contribution in [0.1, 0.15) is 28.8 Å². The van der Waals surface area contributed by atoms with Crippen molar-refractivity contribution in [2.45, 2.75) is 19.3 Å². The Morgan fingerprint density at radius 2 is 1.59 bits per heavy atom. The molecule has 0 unspecified atom stereocenters. The number of Topliss-reactive ketones (excluding diaryl/α,β-unsaturated/α-hetero) is 1. The molecular weight excluding hydrogens is 272 g/mol. The largest absolute Gasteiger partial charge is 0.354 e. The number of hydrogen-bond acceptors (Lipinski definition) is 2. The summed E-state index contributed by atoms with van der Waals surface area (Å²) in [5, 5.41) is 0. The highest BCUT2D eigenvalue weighted by molar-refractivity contribution is 6.06. The zero-order chi connectivity index (χ0) is 14.9. The Bertz CT molecular complexity index is 819. The zero-order valence-corrected chi connectivity index (χ0v) is 12.2. The van der Waals surface area contributed by atoms with E-state index >= 15 is 0 Å². The number of benzene rings is 1. The molecule has 1 aliphatic carbocycles. The number of nitrogens with zero attached hydrogens (tertiary/aromatic N) is 1. The third kappa shape index (κ3) is 2.06. The van der Waals surface area contributed by atoms with Gasteiger partial charge >= 0.3 is 0 Å². The number of hydrogen-bond donors (Lipinski definition) is 1. The van der Waals surface area contributed by atoms with E-state index in [0.717, 1.165) is 46.5 Å². The second kappa shape index (κ2) is 5.26. The molecule has 108 valence electrons. The lowest BCUT2D eigenvalue weighted by molar-refractivity contribution is 0.0973. The summed E-state index contributed by atoms with van der Waals surface area (Å²) in [5.41, 5.74) is 6.19. The fourth-order valence-corrected chi connectivity index (χ4v) is 3.23. The Balaban J connectivity index is 1.97. The maximum atomic E-state index is 12.5. The van der Waals surface area contributed by atoms with Gasteiger partial charge in [-0.3, -0.25) is 9.78 Å². The molecule has 3 aromatic rings. The van der Waals surface area contributed by atoms with Crippen molar-refractivity contribution in [2.24, 2.45) is 0 Å². The van der Waals surface area contributed by atoms with Crippen molar-refractivity contribution in [2.75, 3.05) is 0 Å². The van der Waals surface area contributed by atoms with Gasteiger partial charge in [0.15, 0.2) is 5.78 Å². The van der Waals surface area contributed by atoms with Gasteiger partial charge in [0.05, 0.1) is 5.69 Å². The number of carbonyl (C=O) groups excluding carboxylic acids is 1. The maximum absolute atomic E-state index is 12.5. The molecule has 1 aromatic carbocycles. The van der Waals surface area contributed by atoms with Gasteiger partial charge in [0, 0.05) is 35.6 Å². The van der Waals surface area contributed by atoms with Gasteiger partial charge in [0.25, 0.3) is 0 Å². The maximum Gasteiger partial charge on any atom is 0.165 e. The molecule has 0 bridgehead atoms. The van der Waals surface area contributed by atoms with E-state index in [4.69, 9.17) is 0 Å². The number of carbonyl (C=O) groups is 1. The van der Waals surface area contributed by atoms with Crippen molar-refractivity contribution < 1.29 is 4.79 Å². The van der Waals surface area contributed by atoms with E-state index in [-0.39, 0.29) is 5.78 Å². The van der Waals surface area contributed by atoms with Crippen LogP contribution in [-0.2, 0) is 6.42 Å². The highest BCUT2D eigenvalue weighted by atomic mass is 16.1. The first kappa shape index (κ1) is 13.0. The van der Waals surface area contributed by atoms with E-state index in [9.17, 15) is 4.79 Å². The molecule has 0 atom stereocenters. The van der Waals surface area contributed by atoms with E-state index in [0.29, 0.717) is 6.42 Å². The second-order valence-corrected chi connectivity index (χ2v) is 5.61. The van der Waals surface area contributed by atoms with Gasteiger partial charge in [-0.25, -0.2) is 0 Å². The third-order valence-corrected chi connectivity index (χ3v) is 4.24. The molecule has 1 N–H and O–H groups in total. The number of H-pyrrole nitrogens is 1. The van der Waals surface area contributed by atoms with Crippen molar-refractivity contribution in [3.8, 4) is 22.5 Å². The molecule has 0 saturated carbocycles. The molecule has 0 aliphatic heterocycles. The lowest BCUT2D eigenvalue weighted by Crippen LogP contribution is -2.09. The monoisotopic (exact) mass is 288 g/mol. The molecule has 0 radical (unpaired) electrons. The molecule has 1 aliphatic rings. The second-order valence-electron chi connectivity index (χ2n) is 5.61. The van der Waals surface area contributed by atoms with Gasteiger partial charge in [-0.05, 0) is 36.1 Å². The van der Waals surface area contributed by atoms with Crippen LogP contribution in [0.15, 0.2) is 54.9 Å². The van der Waals surface area contributed by atoms with Gasteiger partial charge in [-0.1, -0.05) is 30.3 Å². The standard InChI is InChI=1S/C19H16N2O/c22-16-8-4-7-15-17(16)19(13-5-2-1-3-6-13)21-18(15)14-9-11-20-12-10-14/h1-3,5-6,9-12,21H,4,7-8H2. The Labute approximate surface area is 129 Å². The number of rotatable bonds is 2. The van der Waals surface area contributed by atoms with Gasteiger partial charge in [-0.15, -0.1) is 0 Å². The van der Waals surface area contributed by atoms with Crippen LogP contribution in [0.25, 0.3) is 22.5 Å². The lowest BCUT2D eigenvalue weighted by atomic mass is 9.88. The molecule has 0 fully saturated rings. The number of ketones is 1. The molecule has 2 heterocycles. The van der Waals surface area contributed by atoms with Crippen LogP contribution in [0.2, 0.25) is 0 Å². The summed E-state index contributed by atoms with van der Waals surface area (Å²) in [4.78, 5) is 20.1. The van der Waals surface area contributed by atoms with Crippen LogP contribution in [0, 0.1) is 0 Å². The summed E-state index contributed by atoms with van der Waals surface area (Å²) in [5.74, 6) is 0.247. The topological polar surface area (TPSA) is 45.8 Å².